The molecule has 9 heteroatoms. The number of likely N-dealkylation sites (tertiary alicyclic amines) is 1. The van der Waals surface area contributed by atoms with Crippen molar-refractivity contribution in [2.45, 2.75) is 25.4 Å². The first-order valence-electron chi connectivity index (χ1n) is 12.0. The van der Waals surface area contributed by atoms with Crippen LogP contribution in [0.5, 0.6) is 11.5 Å². The zero-order chi connectivity index (χ0) is 24.5. The van der Waals surface area contributed by atoms with E-state index in [0.717, 1.165) is 25.9 Å². The van der Waals surface area contributed by atoms with Gasteiger partial charge in [-0.25, -0.2) is 0 Å². The maximum absolute atomic E-state index is 12.7. The number of ether oxygens (including phenoxy) is 3. The Kier molecular flexibility index (Phi) is 8.56. The van der Waals surface area contributed by atoms with Gasteiger partial charge in [-0.2, -0.15) is 0 Å². The smallest absolute Gasteiger partial charge is 0.320 e. The Balaban J connectivity index is 1.52. The van der Waals surface area contributed by atoms with Crippen molar-refractivity contribution in [1.82, 2.24) is 15.5 Å². The first-order valence-corrected chi connectivity index (χ1v) is 12.0. The van der Waals surface area contributed by atoms with E-state index in [0.29, 0.717) is 22.6 Å². The molecule has 1 saturated heterocycles. The van der Waals surface area contributed by atoms with Crippen molar-refractivity contribution in [3.8, 4) is 11.5 Å². The van der Waals surface area contributed by atoms with Gasteiger partial charge in [0.05, 0.1) is 17.7 Å². The molecule has 2 aromatic rings. The molecule has 2 heterocycles. The van der Waals surface area contributed by atoms with Crippen molar-refractivity contribution in [2.75, 3.05) is 45.9 Å². The molecule has 0 unspecified atom stereocenters. The quantitative estimate of drug-likeness (QED) is 0.646. The molecule has 0 radical (unpaired) electrons. The van der Waals surface area contributed by atoms with E-state index in [4.69, 9.17) is 14.2 Å². The second kappa shape index (κ2) is 12.2. The number of carbonyl (C=O) groups excluding carboxylic acids is 3. The second-order valence-electron chi connectivity index (χ2n) is 8.57. The molecule has 9 nitrogen and oxygen atoms in total. The molecule has 0 aromatic heterocycles. The fourth-order valence-electron chi connectivity index (χ4n) is 4.11. The van der Waals surface area contributed by atoms with Gasteiger partial charge in [-0.1, -0.05) is 30.7 Å². The maximum Gasteiger partial charge on any atom is 0.320 e. The highest BCUT2D eigenvalue weighted by Gasteiger charge is 2.23. The number of benzene rings is 2. The minimum absolute atomic E-state index is 0.00953. The number of amides is 2. The minimum atomic E-state index is -0.746. The Morgan fingerprint density at radius 3 is 1.89 bits per heavy atom. The largest absolute Gasteiger partial charge is 0.489 e. The Bertz CT molecular complexity index is 972. The standard InChI is InChI=1S/C26H31N3O6/c30-24(16-29-14-6-1-7-15-29)35-19-17-33-22-10-4-2-8-20(22)25(31)27-12-13-28-26(32)21-9-3-5-11-23(21)34-18-19/h2-5,8-11,19H,1,6-7,12-18H2,(H,27,31)(H,28,32). The minimum Gasteiger partial charge on any atom is -0.489 e. The topological polar surface area (TPSA) is 106 Å². The van der Waals surface area contributed by atoms with E-state index in [-0.39, 0.29) is 50.6 Å². The van der Waals surface area contributed by atoms with E-state index in [1.807, 2.05) is 0 Å². The summed E-state index contributed by atoms with van der Waals surface area (Å²) in [5.41, 5.74) is 0.715. The first kappa shape index (κ1) is 24.5. The fourth-order valence-corrected chi connectivity index (χ4v) is 4.11. The summed E-state index contributed by atoms with van der Waals surface area (Å²) >= 11 is 0. The molecule has 0 atom stereocenters. The lowest BCUT2D eigenvalue weighted by molar-refractivity contribution is -0.153. The highest BCUT2D eigenvalue weighted by Crippen LogP contribution is 2.21. The number of hydrogen-bond donors (Lipinski definition) is 2. The van der Waals surface area contributed by atoms with Gasteiger partial charge in [0.15, 0.2) is 6.10 Å². The van der Waals surface area contributed by atoms with Crippen molar-refractivity contribution in [3.05, 3.63) is 59.7 Å². The molecule has 2 aliphatic rings. The van der Waals surface area contributed by atoms with Crippen molar-refractivity contribution in [1.29, 1.82) is 0 Å². The number of nitrogens with zero attached hydrogens (tertiary/aromatic N) is 1. The van der Waals surface area contributed by atoms with E-state index >= 15 is 0 Å². The highest BCUT2D eigenvalue weighted by atomic mass is 16.6. The third-order valence-corrected chi connectivity index (χ3v) is 5.91. The van der Waals surface area contributed by atoms with E-state index in [1.165, 1.54) is 6.42 Å². The van der Waals surface area contributed by atoms with Gasteiger partial charge in [-0.05, 0) is 50.2 Å². The van der Waals surface area contributed by atoms with Crippen LogP contribution in [0.25, 0.3) is 0 Å². The highest BCUT2D eigenvalue weighted by molar-refractivity contribution is 5.98. The zero-order valence-electron chi connectivity index (χ0n) is 19.7. The molecule has 2 N–H and O–H groups in total. The van der Waals surface area contributed by atoms with Crippen LogP contribution in [0.1, 0.15) is 40.0 Å². The van der Waals surface area contributed by atoms with Gasteiger partial charge < -0.3 is 24.8 Å². The van der Waals surface area contributed by atoms with Crippen LogP contribution in [0.2, 0.25) is 0 Å². The predicted molar refractivity (Wildman–Crippen MR) is 129 cm³/mol. The Morgan fingerprint density at radius 1 is 0.829 bits per heavy atom. The molecule has 0 spiro atoms. The van der Waals surface area contributed by atoms with E-state index in [2.05, 4.69) is 15.5 Å². The normalized spacial score (nSPS) is 18.3. The van der Waals surface area contributed by atoms with Crippen LogP contribution >= 0.6 is 0 Å². The molecular formula is C26H31N3O6. The van der Waals surface area contributed by atoms with Crippen LogP contribution in [0.3, 0.4) is 0 Å². The first-order chi connectivity index (χ1) is 17.1. The van der Waals surface area contributed by atoms with Gasteiger partial charge in [-0.3, -0.25) is 19.3 Å². The molecule has 0 aliphatic carbocycles. The number of esters is 1. The summed E-state index contributed by atoms with van der Waals surface area (Å²) in [5.74, 6) is -0.248. The summed E-state index contributed by atoms with van der Waals surface area (Å²) in [4.78, 5) is 40.1. The average molecular weight is 482 g/mol. The van der Waals surface area contributed by atoms with Crippen molar-refractivity contribution < 1.29 is 28.6 Å². The molecule has 186 valence electrons. The number of carbonyl (C=O) groups is 3. The summed E-state index contributed by atoms with van der Waals surface area (Å²) in [7, 11) is 0. The lowest BCUT2D eigenvalue weighted by Gasteiger charge is -2.26. The van der Waals surface area contributed by atoms with Crippen LogP contribution in [0.15, 0.2) is 48.5 Å². The van der Waals surface area contributed by atoms with Gasteiger partial charge in [0.2, 0.25) is 0 Å². The maximum atomic E-state index is 12.7. The van der Waals surface area contributed by atoms with Crippen LogP contribution in [-0.2, 0) is 9.53 Å². The van der Waals surface area contributed by atoms with Gasteiger partial charge in [0.1, 0.15) is 24.7 Å². The number of hydrogen-bond acceptors (Lipinski definition) is 7. The van der Waals surface area contributed by atoms with Crippen LogP contribution in [-0.4, -0.2) is 74.7 Å². The molecule has 0 saturated carbocycles. The Hall–Kier alpha value is -3.59. The second-order valence-corrected chi connectivity index (χ2v) is 8.57. The van der Waals surface area contributed by atoms with Crippen molar-refractivity contribution >= 4 is 17.8 Å². The molecule has 35 heavy (non-hydrogen) atoms. The number of para-hydroxylation sites is 2. The van der Waals surface area contributed by atoms with Crippen molar-refractivity contribution in [2.24, 2.45) is 0 Å². The lowest BCUT2D eigenvalue weighted by atomic mass is 10.1. The Labute approximate surface area is 204 Å². The van der Waals surface area contributed by atoms with Crippen LogP contribution in [0, 0.1) is 0 Å². The molecule has 0 bridgehead atoms. The van der Waals surface area contributed by atoms with Gasteiger partial charge in [0.25, 0.3) is 11.8 Å². The average Bonchev–Trinajstić information content (AvgIpc) is 2.88. The predicted octanol–water partition coefficient (Wildman–Crippen LogP) is 2.02. The number of fused-ring (bicyclic) bond motifs is 2. The van der Waals surface area contributed by atoms with Gasteiger partial charge in [-0.15, -0.1) is 0 Å². The van der Waals surface area contributed by atoms with E-state index < -0.39 is 6.10 Å². The van der Waals surface area contributed by atoms with Gasteiger partial charge in [0, 0.05) is 13.1 Å². The molecule has 2 aliphatic heterocycles. The van der Waals surface area contributed by atoms with Crippen molar-refractivity contribution in [3.63, 3.8) is 0 Å². The summed E-state index contributed by atoms with van der Waals surface area (Å²) < 4.78 is 17.6. The van der Waals surface area contributed by atoms with E-state index in [1.54, 1.807) is 48.5 Å². The summed E-state index contributed by atoms with van der Waals surface area (Å²) in [5, 5.41) is 5.57. The zero-order valence-corrected chi connectivity index (χ0v) is 19.7. The lowest BCUT2D eigenvalue weighted by Crippen LogP contribution is -2.39. The third kappa shape index (κ3) is 6.95. The Morgan fingerprint density at radius 2 is 1.34 bits per heavy atom. The number of nitrogens with one attached hydrogen (secondary N) is 2. The van der Waals surface area contributed by atoms with Crippen LogP contribution in [0.4, 0.5) is 0 Å². The van der Waals surface area contributed by atoms with Crippen LogP contribution < -0.4 is 20.1 Å². The third-order valence-electron chi connectivity index (χ3n) is 5.91. The molecular weight excluding hydrogens is 450 g/mol. The number of rotatable bonds is 3. The SMILES string of the molecule is O=C(CN1CCCCC1)OC1COc2ccccc2C(=O)NCCNC(=O)c2ccccc2OC1. The van der Waals surface area contributed by atoms with E-state index in [9.17, 15) is 14.4 Å². The molecule has 2 aromatic carbocycles. The summed E-state index contributed by atoms with van der Waals surface area (Å²) in [6, 6.07) is 13.7. The molecule has 1 fully saturated rings. The molecule has 4 rings (SSSR count). The summed E-state index contributed by atoms with van der Waals surface area (Å²) in [6.07, 6.45) is 2.57. The summed E-state index contributed by atoms with van der Waals surface area (Å²) in [6.45, 7) is 2.43. The monoisotopic (exact) mass is 481 g/mol. The fraction of sp³-hybridized carbons (Fsp3) is 0.423. The number of piperidine rings is 1. The molecule has 2 amide bonds. The van der Waals surface area contributed by atoms with Gasteiger partial charge >= 0.3 is 5.97 Å².